The van der Waals surface area contributed by atoms with Crippen molar-refractivity contribution in [3.05, 3.63) is 54.1 Å². The fraction of sp³-hybridized carbons (Fsp3) is 0.409. The van der Waals surface area contributed by atoms with E-state index in [9.17, 15) is 17.8 Å². The molecule has 0 amide bonds. The van der Waals surface area contributed by atoms with Gasteiger partial charge in [-0.15, -0.1) is 4.31 Å². The van der Waals surface area contributed by atoms with E-state index in [0.717, 1.165) is 0 Å². The largest absolute Gasteiger partial charge is 0.593 e. The Balaban J connectivity index is 1.48. The number of benzene rings is 2. The summed E-state index contributed by atoms with van der Waals surface area (Å²) in [6, 6.07) is 13.1. The van der Waals surface area contributed by atoms with Crippen molar-refractivity contribution in [3.63, 3.8) is 0 Å². The minimum Gasteiger partial charge on any atom is -0.593 e. The molecule has 1 atom stereocenters. The van der Waals surface area contributed by atoms with Gasteiger partial charge < -0.3 is 14.0 Å². The quantitative estimate of drug-likeness (QED) is 0.464. The first kappa shape index (κ1) is 23.2. The zero-order valence-corrected chi connectivity index (χ0v) is 19.7. The van der Waals surface area contributed by atoms with Crippen molar-refractivity contribution < 1.29 is 27.2 Å². The van der Waals surface area contributed by atoms with Gasteiger partial charge in [0.2, 0.25) is 10.0 Å². The second kappa shape index (κ2) is 9.12. The van der Waals surface area contributed by atoms with Crippen LogP contribution in [-0.4, -0.2) is 66.4 Å². The Hall–Kier alpha value is -1.95. The highest BCUT2D eigenvalue weighted by molar-refractivity contribution is 7.89. The van der Waals surface area contributed by atoms with E-state index in [2.05, 4.69) is 0 Å². The number of piperidine rings is 1. The summed E-state index contributed by atoms with van der Waals surface area (Å²) >= 11 is -1.40. The molecule has 0 N–H and O–H groups in total. The molecule has 2 aliphatic heterocycles. The number of ketones is 1. The number of Topliss-reactive ketones (excluding diaryl/α,β-unsaturated/α-hetero) is 1. The first-order chi connectivity index (χ1) is 15.3. The van der Waals surface area contributed by atoms with Crippen molar-refractivity contribution in [3.8, 4) is 5.75 Å². The average Bonchev–Trinajstić information content (AvgIpc) is 3.23. The number of carbonyl (C=O) groups excluding carboxylic acids is 1. The number of hydrogen-bond acceptors (Lipinski definition) is 7. The van der Waals surface area contributed by atoms with Gasteiger partial charge in [0.1, 0.15) is 11.5 Å². The van der Waals surface area contributed by atoms with Gasteiger partial charge in [-0.3, -0.25) is 4.79 Å². The van der Waals surface area contributed by atoms with Gasteiger partial charge in [-0.25, -0.2) is 8.42 Å². The molecule has 172 valence electrons. The molecule has 2 aliphatic rings. The summed E-state index contributed by atoms with van der Waals surface area (Å²) in [6.07, 6.45) is 0.833. The lowest BCUT2D eigenvalue weighted by Crippen LogP contribution is -2.55. The molecule has 2 aromatic carbocycles. The maximum atomic E-state index is 13.3. The van der Waals surface area contributed by atoms with Gasteiger partial charge >= 0.3 is 0 Å². The first-order valence-electron chi connectivity index (χ1n) is 10.4. The Morgan fingerprint density at radius 2 is 1.69 bits per heavy atom. The van der Waals surface area contributed by atoms with Gasteiger partial charge in [0, 0.05) is 38.0 Å². The van der Waals surface area contributed by atoms with Crippen LogP contribution < -0.4 is 4.74 Å². The van der Waals surface area contributed by atoms with E-state index in [4.69, 9.17) is 9.47 Å². The summed E-state index contributed by atoms with van der Waals surface area (Å²) in [6.45, 7) is 2.95. The molecule has 0 saturated carbocycles. The first-order valence-corrected chi connectivity index (χ1v) is 12.9. The van der Waals surface area contributed by atoms with Gasteiger partial charge in [0.25, 0.3) is 0 Å². The molecule has 32 heavy (non-hydrogen) atoms. The predicted octanol–water partition coefficient (Wildman–Crippen LogP) is 2.43. The van der Waals surface area contributed by atoms with Crippen LogP contribution in [0.2, 0.25) is 0 Å². The monoisotopic (exact) mass is 478 g/mol. The van der Waals surface area contributed by atoms with E-state index in [1.165, 1.54) is 30.5 Å². The lowest BCUT2D eigenvalue weighted by molar-refractivity contribution is -0.0806. The molecule has 2 heterocycles. The molecule has 2 saturated heterocycles. The van der Waals surface area contributed by atoms with Gasteiger partial charge in [0.15, 0.2) is 10.7 Å². The van der Waals surface area contributed by atoms with Crippen LogP contribution in [0.25, 0.3) is 0 Å². The summed E-state index contributed by atoms with van der Waals surface area (Å²) in [5.74, 6) is 0.544. The standard InChI is InChI=1S/C22H26N2O6S2/c1-17(25)18-3-7-20(8-4-18)31(26)23-13-11-22(12-14-23)24(15-16-30-22)32(27,28)21-9-5-19(29-2)6-10-21/h3-10H,11-16H2,1-2H3. The summed E-state index contributed by atoms with van der Waals surface area (Å²) < 4.78 is 54.0. The van der Waals surface area contributed by atoms with E-state index in [-0.39, 0.29) is 17.2 Å². The van der Waals surface area contributed by atoms with Gasteiger partial charge in [-0.1, -0.05) is 0 Å². The Kier molecular flexibility index (Phi) is 6.62. The van der Waals surface area contributed by atoms with Crippen LogP contribution in [0.15, 0.2) is 58.3 Å². The van der Waals surface area contributed by atoms with Crippen LogP contribution in [0.5, 0.6) is 5.75 Å². The maximum absolute atomic E-state index is 13.3. The van der Waals surface area contributed by atoms with Crippen LogP contribution in [0, 0.1) is 0 Å². The van der Waals surface area contributed by atoms with E-state index < -0.39 is 27.1 Å². The molecule has 1 unspecified atom stereocenters. The molecular formula is C22H26N2O6S2. The summed E-state index contributed by atoms with van der Waals surface area (Å²) in [4.78, 5) is 12.3. The Labute approximate surface area is 191 Å². The third kappa shape index (κ3) is 4.30. The van der Waals surface area contributed by atoms with Crippen LogP contribution in [0.3, 0.4) is 0 Å². The van der Waals surface area contributed by atoms with Crippen molar-refractivity contribution in [1.82, 2.24) is 8.61 Å². The molecule has 4 rings (SSSR count). The van der Waals surface area contributed by atoms with E-state index >= 15 is 0 Å². The fourth-order valence-corrected chi connectivity index (χ4v) is 7.06. The van der Waals surface area contributed by atoms with Gasteiger partial charge in [-0.05, 0) is 55.5 Å². The summed E-state index contributed by atoms with van der Waals surface area (Å²) in [7, 11) is -2.22. The van der Waals surface area contributed by atoms with E-state index in [0.29, 0.717) is 48.7 Å². The number of methoxy groups -OCH3 is 1. The van der Waals surface area contributed by atoms with Crippen molar-refractivity contribution in [2.75, 3.05) is 33.4 Å². The van der Waals surface area contributed by atoms with Crippen LogP contribution in [0.4, 0.5) is 0 Å². The number of hydrogen-bond donors (Lipinski definition) is 0. The lowest BCUT2D eigenvalue weighted by Gasteiger charge is -2.42. The Bertz CT molecular complexity index is 1060. The van der Waals surface area contributed by atoms with Gasteiger partial charge in [0.05, 0.1) is 30.0 Å². The molecule has 2 fully saturated rings. The highest BCUT2D eigenvalue weighted by Gasteiger charge is 2.51. The van der Waals surface area contributed by atoms with Crippen molar-refractivity contribution in [2.45, 2.75) is 35.3 Å². The Morgan fingerprint density at radius 3 is 2.25 bits per heavy atom. The average molecular weight is 479 g/mol. The molecule has 0 bridgehead atoms. The second-order valence-corrected chi connectivity index (χ2v) is 11.2. The third-order valence-electron chi connectivity index (χ3n) is 5.97. The molecule has 0 aliphatic carbocycles. The maximum Gasteiger partial charge on any atom is 0.245 e. The van der Waals surface area contributed by atoms with Crippen molar-refractivity contribution >= 4 is 27.2 Å². The molecule has 1 spiro atoms. The zero-order chi connectivity index (χ0) is 22.9. The van der Waals surface area contributed by atoms with Crippen LogP contribution >= 0.6 is 0 Å². The minimum absolute atomic E-state index is 0.0428. The molecule has 0 aromatic heterocycles. The molecule has 2 aromatic rings. The van der Waals surface area contributed by atoms with Crippen LogP contribution in [0.1, 0.15) is 30.1 Å². The number of ether oxygens (including phenoxy) is 2. The highest BCUT2D eigenvalue weighted by Crippen LogP contribution is 2.39. The number of rotatable bonds is 6. The lowest BCUT2D eigenvalue weighted by atomic mass is 10.0. The van der Waals surface area contributed by atoms with Crippen molar-refractivity contribution in [1.29, 1.82) is 0 Å². The smallest absolute Gasteiger partial charge is 0.245 e. The van der Waals surface area contributed by atoms with Gasteiger partial charge in [-0.2, -0.15) is 4.31 Å². The van der Waals surface area contributed by atoms with E-state index in [1.54, 1.807) is 36.4 Å². The number of nitrogens with zero attached hydrogens (tertiary/aromatic N) is 2. The molecular weight excluding hydrogens is 452 g/mol. The van der Waals surface area contributed by atoms with Crippen molar-refractivity contribution in [2.24, 2.45) is 0 Å². The SMILES string of the molecule is COc1ccc(S(=O)(=O)N2CCOC23CCN([S+]([O-])c2ccc(C(C)=O)cc2)CC3)cc1. The highest BCUT2D eigenvalue weighted by atomic mass is 32.2. The van der Waals surface area contributed by atoms with E-state index in [1.807, 2.05) is 4.31 Å². The minimum atomic E-state index is -3.75. The predicted molar refractivity (Wildman–Crippen MR) is 119 cm³/mol. The second-order valence-electron chi connectivity index (χ2n) is 7.81. The molecule has 10 heteroatoms. The number of carbonyl (C=O) groups is 1. The summed E-state index contributed by atoms with van der Waals surface area (Å²) in [5, 5.41) is 0. The zero-order valence-electron chi connectivity index (χ0n) is 18.0. The third-order valence-corrected chi connectivity index (χ3v) is 9.44. The van der Waals surface area contributed by atoms with Crippen LogP contribution in [-0.2, 0) is 26.1 Å². The fourth-order valence-electron chi connectivity index (χ4n) is 4.16. The number of sulfonamides is 1. The topological polar surface area (TPSA) is 99.2 Å². The Morgan fingerprint density at radius 1 is 1.06 bits per heavy atom. The molecule has 0 radical (unpaired) electrons. The summed E-state index contributed by atoms with van der Waals surface area (Å²) in [5.41, 5.74) is -0.361. The normalized spacial score (nSPS) is 20.3. The molecule has 8 nitrogen and oxygen atoms in total.